The van der Waals surface area contributed by atoms with Crippen LogP contribution in [0.5, 0.6) is 0 Å². The molecule has 0 spiro atoms. The van der Waals surface area contributed by atoms with Crippen molar-refractivity contribution in [3.8, 4) is 22.3 Å². The van der Waals surface area contributed by atoms with E-state index in [2.05, 4.69) is 24.3 Å². The van der Waals surface area contributed by atoms with Crippen LogP contribution in [0.1, 0.15) is 0 Å². The number of halogens is 4. The van der Waals surface area contributed by atoms with Gasteiger partial charge in [0.2, 0.25) is 0 Å². The first-order valence-electron chi connectivity index (χ1n) is 7.54. The molecule has 0 aliphatic heterocycles. The maximum Gasteiger partial charge on any atom is 0.522 e. The van der Waals surface area contributed by atoms with Gasteiger partial charge in [0, 0.05) is 0 Å². The zero-order chi connectivity index (χ0) is 20.1. The first kappa shape index (κ1) is 23.7. The zero-order valence-electron chi connectivity index (χ0n) is 14.2. The lowest BCUT2D eigenvalue weighted by Crippen LogP contribution is -2.21. The Morgan fingerprint density at radius 2 is 1.04 bits per heavy atom. The minimum atomic E-state index is -5.84. The Bertz CT molecular complexity index is 988. The molecule has 3 aromatic carbocycles. The number of hydrogen-bond donors (Lipinski definition) is 1. The van der Waals surface area contributed by atoms with Gasteiger partial charge in [-0.1, -0.05) is 66.7 Å². The molecule has 28 heavy (non-hydrogen) atoms. The average molecular weight is 432 g/mol. The minimum Gasteiger partial charge on any atom is -0.279 e. The Morgan fingerprint density at radius 3 is 1.43 bits per heavy atom. The highest BCUT2D eigenvalue weighted by atomic mass is 32.2. The Balaban J connectivity index is 0.000000376. The third kappa shape index (κ3) is 6.36. The summed E-state index contributed by atoms with van der Waals surface area (Å²) in [6.07, 6.45) is 0. The number of benzene rings is 3. The van der Waals surface area contributed by atoms with Gasteiger partial charge in [-0.15, -0.1) is 0 Å². The molecule has 0 aliphatic rings. The molecule has 0 fully saturated rings. The fourth-order valence-electron chi connectivity index (χ4n) is 2.23. The van der Waals surface area contributed by atoms with Crippen molar-refractivity contribution >= 4 is 23.6 Å². The minimum absolute atomic E-state index is 0. The first-order valence-corrected chi connectivity index (χ1v) is 8.98. The molecule has 0 saturated carbocycles. The van der Waals surface area contributed by atoms with E-state index < -0.39 is 15.6 Å². The molecule has 0 saturated heterocycles. The molecule has 0 heterocycles. The van der Waals surface area contributed by atoms with Crippen LogP contribution in [0.4, 0.5) is 17.6 Å². The Labute approximate surface area is 166 Å². The van der Waals surface area contributed by atoms with Crippen LogP contribution in [0.2, 0.25) is 0 Å². The van der Waals surface area contributed by atoms with Gasteiger partial charge in [0.05, 0.1) is 0 Å². The third-order valence-electron chi connectivity index (χ3n) is 3.46. The molecule has 1 N–H and O–H groups in total. The summed E-state index contributed by atoms with van der Waals surface area (Å²) in [5.41, 5.74) is -1.06. The summed E-state index contributed by atoms with van der Waals surface area (Å²) in [6, 6.07) is 25.0. The van der Waals surface area contributed by atoms with E-state index >= 15 is 0 Å². The second-order valence-electron chi connectivity index (χ2n) is 5.34. The molecule has 9 heteroatoms. The monoisotopic (exact) mass is 432 g/mol. The van der Waals surface area contributed by atoms with E-state index in [-0.39, 0.29) is 19.3 Å². The number of alkyl halides is 3. The highest BCUT2D eigenvalue weighted by Gasteiger charge is 2.44. The maximum atomic E-state index is 13.0. The molecule has 150 valence electrons. The fraction of sp³-hybridized carbons (Fsp3) is 0.0526. The highest BCUT2D eigenvalue weighted by Crippen LogP contribution is 2.31. The summed E-state index contributed by atoms with van der Waals surface area (Å²) in [7, 11) is -5.84. The predicted molar refractivity (Wildman–Crippen MR) is 105 cm³/mol. The first-order chi connectivity index (χ1) is 12.6. The van der Waals surface area contributed by atoms with E-state index in [0.717, 1.165) is 16.7 Å². The van der Waals surface area contributed by atoms with Crippen LogP contribution in [0.15, 0.2) is 78.9 Å². The number of hydrogen-bond acceptors (Lipinski definition) is 2. The molecule has 3 aromatic rings. The van der Waals surface area contributed by atoms with Crippen molar-refractivity contribution in [3.63, 3.8) is 0 Å². The van der Waals surface area contributed by atoms with Crippen LogP contribution >= 0.6 is 13.5 Å². The normalized spacial score (nSPS) is 11.0. The Morgan fingerprint density at radius 1 is 0.679 bits per heavy atom. The van der Waals surface area contributed by atoms with Gasteiger partial charge in [0.1, 0.15) is 5.82 Å². The summed E-state index contributed by atoms with van der Waals surface area (Å²) >= 11 is 0. The zero-order valence-corrected chi connectivity index (χ0v) is 16.0. The molecule has 0 radical (unpaired) electrons. The standard InChI is InChI=1S/C18H13F.CHF3O3S.H2S/c19-16-12-10-15(11-13-16)18-9-5-4-8-17(18)14-6-2-1-3-7-14;2-1(3,4)8(5,6)7;/h1-13H;(H,5,6,7);1H2. The van der Waals surface area contributed by atoms with Crippen LogP contribution in [-0.4, -0.2) is 18.5 Å². The molecule has 0 amide bonds. The van der Waals surface area contributed by atoms with Gasteiger partial charge in [-0.05, 0) is 34.4 Å². The third-order valence-corrected chi connectivity index (χ3v) is 4.04. The highest BCUT2D eigenvalue weighted by molar-refractivity contribution is 7.86. The lowest BCUT2D eigenvalue weighted by Gasteiger charge is -2.10. The van der Waals surface area contributed by atoms with Crippen molar-refractivity contribution in [2.45, 2.75) is 5.51 Å². The van der Waals surface area contributed by atoms with Gasteiger partial charge in [0.25, 0.3) is 0 Å². The maximum absolute atomic E-state index is 13.0. The molecular weight excluding hydrogens is 416 g/mol. The van der Waals surface area contributed by atoms with Crippen molar-refractivity contribution in [2.24, 2.45) is 0 Å². The Hall–Kier alpha value is -2.36. The van der Waals surface area contributed by atoms with Gasteiger partial charge >= 0.3 is 15.6 Å². The van der Waals surface area contributed by atoms with E-state index in [1.54, 1.807) is 0 Å². The molecular formula is C19H16F4O3S2. The largest absolute Gasteiger partial charge is 0.522 e. The van der Waals surface area contributed by atoms with Crippen molar-refractivity contribution in [3.05, 3.63) is 84.7 Å². The van der Waals surface area contributed by atoms with Crippen molar-refractivity contribution < 1.29 is 30.5 Å². The Kier molecular flexibility index (Phi) is 8.22. The van der Waals surface area contributed by atoms with Gasteiger partial charge in [0.15, 0.2) is 0 Å². The van der Waals surface area contributed by atoms with Crippen LogP contribution in [-0.2, 0) is 10.1 Å². The molecule has 0 aromatic heterocycles. The van der Waals surface area contributed by atoms with Crippen LogP contribution in [0, 0.1) is 5.82 Å². The van der Waals surface area contributed by atoms with E-state index in [1.807, 2.05) is 42.5 Å². The smallest absolute Gasteiger partial charge is 0.279 e. The van der Waals surface area contributed by atoms with Gasteiger partial charge < -0.3 is 0 Å². The van der Waals surface area contributed by atoms with Gasteiger partial charge in [-0.2, -0.15) is 35.1 Å². The average Bonchev–Trinajstić information content (AvgIpc) is 2.62. The van der Waals surface area contributed by atoms with Crippen molar-refractivity contribution in [1.82, 2.24) is 0 Å². The molecule has 3 rings (SSSR count). The van der Waals surface area contributed by atoms with Crippen molar-refractivity contribution in [2.75, 3.05) is 0 Å². The lowest BCUT2D eigenvalue weighted by atomic mass is 9.95. The number of rotatable bonds is 2. The predicted octanol–water partition coefficient (Wildman–Crippen LogP) is 5.67. The van der Waals surface area contributed by atoms with E-state index in [9.17, 15) is 17.6 Å². The summed E-state index contributed by atoms with van der Waals surface area (Å²) in [5, 5.41) is 0. The summed E-state index contributed by atoms with van der Waals surface area (Å²) < 4.78 is 70.6. The van der Waals surface area contributed by atoms with E-state index in [1.165, 1.54) is 17.7 Å². The van der Waals surface area contributed by atoms with Gasteiger partial charge in [-0.25, -0.2) is 4.39 Å². The van der Waals surface area contributed by atoms with Crippen molar-refractivity contribution in [1.29, 1.82) is 0 Å². The summed E-state index contributed by atoms with van der Waals surface area (Å²) in [5.74, 6) is -0.207. The second kappa shape index (κ2) is 9.72. The summed E-state index contributed by atoms with van der Waals surface area (Å²) in [4.78, 5) is 0. The van der Waals surface area contributed by atoms with E-state index in [0.29, 0.717) is 0 Å². The molecule has 3 nitrogen and oxygen atoms in total. The quantitative estimate of drug-likeness (QED) is 0.323. The lowest BCUT2D eigenvalue weighted by molar-refractivity contribution is -0.0510. The molecule has 0 bridgehead atoms. The fourth-order valence-corrected chi connectivity index (χ4v) is 2.23. The molecule has 0 atom stereocenters. The topological polar surface area (TPSA) is 54.4 Å². The van der Waals surface area contributed by atoms with Crippen LogP contribution in [0.25, 0.3) is 22.3 Å². The SMILES string of the molecule is Fc1ccc(-c2ccccc2-c2ccccc2)cc1.O=S(=O)(O)C(F)(F)F.S. The second-order valence-corrected chi connectivity index (χ2v) is 6.75. The molecule has 0 unspecified atom stereocenters. The molecule has 0 aliphatic carbocycles. The summed E-state index contributed by atoms with van der Waals surface area (Å²) in [6.45, 7) is 0. The van der Waals surface area contributed by atoms with Crippen LogP contribution in [0.3, 0.4) is 0 Å². The van der Waals surface area contributed by atoms with E-state index in [4.69, 9.17) is 13.0 Å². The van der Waals surface area contributed by atoms with Gasteiger partial charge in [-0.3, -0.25) is 4.55 Å². The van der Waals surface area contributed by atoms with Crippen LogP contribution < -0.4 is 0 Å².